The van der Waals surface area contributed by atoms with Crippen LogP contribution in [0, 0.1) is 10.1 Å². The number of nitro benzene ring substituents is 1. The minimum atomic E-state index is -0.476. The van der Waals surface area contributed by atoms with Crippen molar-refractivity contribution >= 4 is 40.6 Å². The number of anilines is 1. The van der Waals surface area contributed by atoms with Gasteiger partial charge in [-0.15, -0.1) is 10.2 Å². The van der Waals surface area contributed by atoms with E-state index in [0.29, 0.717) is 21.8 Å². The van der Waals surface area contributed by atoms with Gasteiger partial charge in [-0.1, -0.05) is 48.7 Å². The maximum atomic E-state index is 12.8. The molecule has 1 N–H and O–H groups in total. The highest BCUT2D eigenvalue weighted by Gasteiger charge is 2.26. The molecule has 0 unspecified atom stereocenters. The summed E-state index contributed by atoms with van der Waals surface area (Å²) >= 11 is 7.58. The largest absolute Gasteiger partial charge is 0.325 e. The highest BCUT2D eigenvalue weighted by atomic mass is 35.5. The fourth-order valence-electron chi connectivity index (χ4n) is 3.96. The molecular weight excluding hydrogens is 462 g/mol. The van der Waals surface area contributed by atoms with Gasteiger partial charge in [-0.3, -0.25) is 19.5 Å². The molecule has 1 aliphatic rings. The number of nitrogens with one attached hydrogen (secondary N) is 1. The van der Waals surface area contributed by atoms with Crippen LogP contribution >= 0.6 is 23.4 Å². The van der Waals surface area contributed by atoms with Crippen molar-refractivity contribution in [3.8, 4) is 5.69 Å². The minimum absolute atomic E-state index is 0.0275. The predicted molar refractivity (Wildman–Crippen MR) is 129 cm³/mol. The topological polar surface area (TPSA) is 103 Å². The monoisotopic (exact) mass is 485 g/mol. The zero-order chi connectivity index (χ0) is 23.4. The van der Waals surface area contributed by atoms with Gasteiger partial charge in [0.15, 0.2) is 5.16 Å². The number of hydrogen-bond acceptors (Lipinski definition) is 6. The summed E-state index contributed by atoms with van der Waals surface area (Å²) in [4.78, 5) is 23.1. The van der Waals surface area contributed by atoms with Crippen LogP contribution in [0.4, 0.5) is 11.4 Å². The Bertz CT molecular complexity index is 1150. The van der Waals surface area contributed by atoms with E-state index in [0.717, 1.165) is 24.4 Å². The van der Waals surface area contributed by atoms with Crippen LogP contribution in [-0.4, -0.2) is 30.8 Å². The molecule has 1 aliphatic carbocycles. The number of hydrogen-bond donors (Lipinski definition) is 1. The molecule has 0 radical (unpaired) electrons. The first kappa shape index (κ1) is 23.3. The number of carbonyl (C=O) groups is 1. The van der Waals surface area contributed by atoms with Crippen LogP contribution in [0.15, 0.2) is 53.7 Å². The summed E-state index contributed by atoms with van der Waals surface area (Å²) in [5.74, 6) is 1.000. The molecule has 3 aromatic rings. The van der Waals surface area contributed by atoms with E-state index in [9.17, 15) is 14.9 Å². The molecule has 2 aromatic carbocycles. The third kappa shape index (κ3) is 5.54. The van der Waals surface area contributed by atoms with Crippen molar-refractivity contribution in [2.75, 3.05) is 5.32 Å². The van der Waals surface area contributed by atoms with Crippen molar-refractivity contribution in [1.29, 1.82) is 0 Å². The van der Waals surface area contributed by atoms with Crippen LogP contribution in [-0.2, 0) is 4.79 Å². The number of rotatable bonds is 7. The maximum Gasteiger partial charge on any atom is 0.269 e. The van der Waals surface area contributed by atoms with E-state index >= 15 is 0 Å². The first-order valence-corrected chi connectivity index (χ1v) is 12.1. The summed E-state index contributed by atoms with van der Waals surface area (Å²) in [6.07, 6.45) is 5.72. The van der Waals surface area contributed by atoms with Gasteiger partial charge in [0.1, 0.15) is 5.82 Å². The normalized spacial score (nSPS) is 15.2. The molecule has 1 saturated carbocycles. The minimum Gasteiger partial charge on any atom is -0.325 e. The second-order valence-electron chi connectivity index (χ2n) is 8.04. The molecule has 33 heavy (non-hydrogen) atoms. The number of nitrogens with zero attached hydrogens (tertiary/aromatic N) is 4. The Balaban J connectivity index is 1.55. The molecule has 0 bridgehead atoms. The number of benzene rings is 2. The maximum absolute atomic E-state index is 12.8. The van der Waals surface area contributed by atoms with Crippen molar-refractivity contribution in [2.45, 2.75) is 55.4 Å². The summed E-state index contributed by atoms with van der Waals surface area (Å²) in [7, 11) is 0. The first-order valence-electron chi connectivity index (χ1n) is 10.9. The fraction of sp³-hybridized carbons (Fsp3) is 0.348. The van der Waals surface area contributed by atoms with Crippen LogP contribution in [0.2, 0.25) is 5.02 Å². The highest BCUT2D eigenvalue weighted by molar-refractivity contribution is 8.00. The lowest BCUT2D eigenvalue weighted by Crippen LogP contribution is -2.23. The van der Waals surface area contributed by atoms with Gasteiger partial charge in [-0.05, 0) is 50.1 Å². The number of nitro groups is 1. The van der Waals surface area contributed by atoms with E-state index in [-0.39, 0.29) is 11.6 Å². The second-order valence-corrected chi connectivity index (χ2v) is 9.79. The van der Waals surface area contributed by atoms with E-state index in [4.69, 9.17) is 11.6 Å². The van der Waals surface area contributed by atoms with Crippen molar-refractivity contribution < 1.29 is 9.72 Å². The van der Waals surface area contributed by atoms with Gasteiger partial charge in [-0.25, -0.2) is 0 Å². The number of aromatic nitrogens is 3. The summed E-state index contributed by atoms with van der Waals surface area (Å²) in [6.45, 7) is 1.79. The Morgan fingerprint density at radius 2 is 1.91 bits per heavy atom. The van der Waals surface area contributed by atoms with Crippen LogP contribution < -0.4 is 5.32 Å². The first-order chi connectivity index (χ1) is 15.9. The smallest absolute Gasteiger partial charge is 0.269 e. The van der Waals surface area contributed by atoms with Gasteiger partial charge < -0.3 is 5.32 Å². The van der Waals surface area contributed by atoms with E-state index in [1.165, 1.54) is 55.3 Å². The Hall–Kier alpha value is -2.91. The average Bonchev–Trinajstić information content (AvgIpc) is 3.23. The zero-order valence-electron chi connectivity index (χ0n) is 18.1. The Morgan fingerprint density at radius 3 is 2.58 bits per heavy atom. The van der Waals surface area contributed by atoms with Crippen LogP contribution in [0.1, 0.15) is 50.8 Å². The van der Waals surface area contributed by atoms with Gasteiger partial charge in [-0.2, -0.15) is 0 Å². The van der Waals surface area contributed by atoms with Gasteiger partial charge >= 0.3 is 0 Å². The Morgan fingerprint density at radius 1 is 1.18 bits per heavy atom. The van der Waals surface area contributed by atoms with Crippen molar-refractivity contribution in [3.63, 3.8) is 0 Å². The van der Waals surface area contributed by atoms with Crippen molar-refractivity contribution in [1.82, 2.24) is 14.8 Å². The lowest BCUT2D eigenvalue weighted by molar-refractivity contribution is -0.384. The number of halogens is 1. The van der Waals surface area contributed by atoms with Crippen LogP contribution in [0.5, 0.6) is 0 Å². The highest BCUT2D eigenvalue weighted by Crippen LogP contribution is 2.36. The number of carbonyl (C=O) groups excluding carboxylic acids is 1. The van der Waals surface area contributed by atoms with Crippen LogP contribution in [0.3, 0.4) is 0 Å². The Kier molecular flexibility index (Phi) is 7.29. The zero-order valence-corrected chi connectivity index (χ0v) is 19.7. The molecule has 1 amide bonds. The lowest BCUT2D eigenvalue weighted by Gasteiger charge is -2.22. The lowest BCUT2D eigenvalue weighted by atomic mass is 9.88. The molecule has 0 aliphatic heterocycles. The van der Waals surface area contributed by atoms with Gasteiger partial charge in [0.25, 0.3) is 5.69 Å². The van der Waals surface area contributed by atoms with Gasteiger partial charge in [0.05, 0.1) is 15.9 Å². The predicted octanol–water partition coefficient (Wildman–Crippen LogP) is 6.00. The van der Waals surface area contributed by atoms with E-state index < -0.39 is 10.2 Å². The molecule has 4 rings (SSSR count). The van der Waals surface area contributed by atoms with E-state index in [1.54, 1.807) is 6.92 Å². The summed E-state index contributed by atoms with van der Waals surface area (Å²) in [5, 5.41) is 23.4. The van der Waals surface area contributed by atoms with Gasteiger partial charge in [0.2, 0.25) is 5.91 Å². The standard InChI is InChI=1S/C23H24ClN5O3S/c1-15(22(30)25-18-10-12-19(13-11-18)29(31)32)33-23-27-26-21(16-6-3-2-4-7-16)28(23)20-9-5-8-17(24)14-20/h5,8-16H,2-4,6-7H2,1H3,(H,25,30)/t15-/m1/s1. The molecule has 8 nitrogen and oxygen atoms in total. The Labute approximate surface area is 200 Å². The van der Waals surface area contributed by atoms with Crippen molar-refractivity contribution in [3.05, 3.63) is 69.5 Å². The summed E-state index contributed by atoms with van der Waals surface area (Å²) in [5.41, 5.74) is 1.34. The molecular formula is C23H24ClN5O3S. The molecule has 172 valence electrons. The summed E-state index contributed by atoms with van der Waals surface area (Å²) < 4.78 is 2.02. The van der Waals surface area contributed by atoms with E-state index in [2.05, 4.69) is 15.5 Å². The number of non-ortho nitro benzene ring substituents is 1. The quantitative estimate of drug-likeness (QED) is 0.250. The third-order valence-electron chi connectivity index (χ3n) is 5.69. The average molecular weight is 486 g/mol. The molecule has 0 spiro atoms. The summed E-state index contributed by atoms with van der Waals surface area (Å²) in [6, 6.07) is 13.3. The molecule has 1 fully saturated rings. The van der Waals surface area contributed by atoms with Crippen LogP contribution in [0.25, 0.3) is 5.69 Å². The fourth-order valence-corrected chi connectivity index (χ4v) is 5.02. The number of thioether (sulfide) groups is 1. The third-order valence-corrected chi connectivity index (χ3v) is 6.97. The molecule has 10 heteroatoms. The molecule has 1 heterocycles. The van der Waals surface area contributed by atoms with Gasteiger partial charge in [0, 0.05) is 28.8 Å². The second kappa shape index (κ2) is 10.4. The molecule has 0 saturated heterocycles. The molecule has 1 atom stereocenters. The number of amides is 1. The SMILES string of the molecule is C[C@@H](Sc1nnc(C2CCCCC2)n1-c1cccc(Cl)c1)C(=O)Nc1ccc([N+](=O)[O-])cc1. The van der Waals surface area contributed by atoms with Crippen molar-refractivity contribution in [2.24, 2.45) is 0 Å². The molecule has 1 aromatic heterocycles. The van der Waals surface area contributed by atoms with E-state index in [1.807, 2.05) is 28.8 Å².